The Hall–Kier alpha value is -3.08. The molecule has 0 saturated heterocycles. The van der Waals surface area contributed by atoms with Gasteiger partial charge in [-0.3, -0.25) is 5.73 Å². The number of aromatic nitrogens is 4. The Bertz CT molecular complexity index is 1260. The summed E-state index contributed by atoms with van der Waals surface area (Å²) in [4.78, 5) is 26.6. The standard InChI is InChI=1S/C21H20N5O5PS/c22-20-18(7-4-8-26(20)14-30-32(27,28)29)19-10-17(25-31-19)9-16-11-23-21(24-12-16)33-13-15-5-2-1-3-6-15/h1-8,10-12,22H,9,13-14H2,(H2,27,28,29)/p+1. The van der Waals surface area contributed by atoms with Crippen LogP contribution >= 0.6 is 19.6 Å². The second-order valence-electron chi connectivity index (χ2n) is 7.03. The number of anilines is 1. The molecule has 0 radical (unpaired) electrons. The summed E-state index contributed by atoms with van der Waals surface area (Å²) in [7, 11) is -4.62. The van der Waals surface area contributed by atoms with E-state index in [1.54, 1.807) is 48.6 Å². The van der Waals surface area contributed by atoms with Gasteiger partial charge in [-0.15, -0.1) is 0 Å². The summed E-state index contributed by atoms with van der Waals surface area (Å²) in [6, 6.07) is 15.3. The second-order valence-corrected chi connectivity index (χ2v) is 9.21. The molecule has 12 heteroatoms. The van der Waals surface area contributed by atoms with E-state index in [0.717, 1.165) is 11.3 Å². The van der Waals surface area contributed by atoms with Gasteiger partial charge in [0.1, 0.15) is 5.56 Å². The molecule has 0 bridgehead atoms. The van der Waals surface area contributed by atoms with Gasteiger partial charge in [0.25, 0.3) is 5.82 Å². The minimum atomic E-state index is -4.62. The molecule has 0 amide bonds. The van der Waals surface area contributed by atoms with Crippen LogP contribution in [0.1, 0.15) is 16.8 Å². The summed E-state index contributed by atoms with van der Waals surface area (Å²) in [6.07, 6.45) is 5.54. The third kappa shape index (κ3) is 6.47. The Kier molecular flexibility index (Phi) is 7.17. The Labute approximate surface area is 193 Å². The van der Waals surface area contributed by atoms with Crippen LogP contribution < -0.4 is 10.3 Å². The summed E-state index contributed by atoms with van der Waals surface area (Å²) >= 11 is 1.57. The van der Waals surface area contributed by atoms with Gasteiger partial charge in [-0.1, -0.05) is 47.3 Å². The molecule has 0 aliphatic rings. The van der Waals surface area contributed by atoms with Gasteiger partial charge in [0, 0.05) is 30.6 Å². The quantitative estimate of drug-likeness (QED) is 0.139. The van der Waals surface area contributed by atoms with Crippen molar-refractivity contribution >= 4 is 25.4 Å². The van der Waals surface area contributed by atoms with Crippen LogP contribution in [0.2, 0.25) is 0 Å². The molecule has 10 nitrogen and oxygen atoms in total. The highest BCUT2D eigenvalue weighted by Crippen LogP contribution is 2.35. The van der Waals surface area contributed by atoms with Crippen LogP contribution in [0.3, 0.4) is 0 Å². The molecular formula is C21H21N5O5PS+. The Morgan fingerprint density at radius 2 is 1.85 bits per heavy atom. The average Bonchev–Trinajstić information content (AvgIpc) is 3.26. The van der Waals surface area contributed by atoms with Crippen LogP contribution in [0.15, 0.2) is 76.8 Å². The number of benzene rings is 1. The molecular weight excluding hydrogens is 465 g/mol. The van der Waals surface area contributed by atoms with Crippen molar-refractivity contribution in [2.75, 3.05) is 5.73 Å². The third-order valence-corrected chi connectivity index (χ3v) is 5.98. The molecule has 0 spiro atoms. The Balaban J connectivity index is 1.40. The first-order valence-corrected chi connectivity index (χ1v) is 12.3. The fourth-order valence-electron chi connectivity index (χ4n) is 2.98. The van der Waals surface area contributed by atoms with Crippen LogP contribution in [0.5, 0.6) is 0 Å². The summed E-state index contributed by atoms with van der Waals surface area (Å²) in [5, 5.41) is 4.78. The van der Waals surface area contributed by atoms with E-state index in [2.05, 4.69) is 31.8 Å². The van der Waals surface area contributed by atoms with E-state index >= 15 is 0 Å². The lowest BCUT2D eigenvalue weighted by Crippen LogP contribution is -2.38. The maximum Gasteiger partial charge on any atom is 0.472 e. The van der Waals surface area contributed by atoms with Crippen molar-refractivity contribution in [1.29, 1.82) is 0 Å². The molecule has 3 aromatic heterocycles. The lowest BCUT2D eigenvalue weighted by molar-refractivity contribution is -0.711. The molecule has 1 aromatic carbocycles. The van der Waals surface area contributed by atoms with E-state index in [1.165, 1.54) is 10.1 Å². The minimum absolute atomic E-state index is 0.219. The molecule has 0 aliphatic heterocycles. The van der Waals surface area contributed by atoms with Crippen molar-refractivity contribution in [3.8, 4) is 11.3 Å². The largest absolute Gasteiger partial charge is 0.472 e. The number of pyridine rings is 1. The summed E-state index contributed by atoms with van der Waals surface area (Å²) < 4.78 is 22.2. The van der Waals surface area contributed by atoms with Gasteiger partial charge in [0.05, 0.1) is 11.9 Å². The van der Waals surface area contributed by atoms with Gasteiger partial charge in [-0.2, -0.15) is 0 Å². The number of nitrogens with two attached hydrogens (primary N) is 1. The summed E-state index contributed by atoms with van der Waals surface area (Å²) in [5.74, 6) is 1.44. The first-order chi connectivity index (χ1) is 15.9. The van der Waals surface area contributed by atoms with Crippen LogP contribution in [-0.2, 0) is 28.0 Å². The van der Waals surface area contributed by atoms with Crippen LogP contribution in [-0.4, -0.2) is 24.9 Å². The fraction of sp³-hybridized carbons (Fsp3) is 0.143. The molecule has 4 rings (SSSR count). The van der Waals surface area contributed by atoms with Crippen molar-refractivity contribution in [2.45, 2.75) is 24.1 Å². The van der Waals surface area contributed by atoms with Crippen LogP contribution in [0.25, 0.3) is 11.3 Å². The van der Waals surface area contributed by atoms with Crippen molar-refractivity contribution in [2.24, 2.45) is 0 Å². The molecule has 0 atom stereocenters. The smallest absolute Gasteiger partial charge is 0.356 e. The first kappa shape index (κ1) is 23.1. The summed E-state index contributed by atoms with van der Waals surface area (Å²) in [5.41, 5.74) is 9.39. The maximum absolute atomic E-state index is 10.9. The van der Waals surface area contributed by atoms with Crippen molar-refractivity contribution in [3.05, 3.63) is 83.9 Å². The van der Waals surface area contributed by atoms with Gasteiger partial charge in [-0.05, 0) is 23.3 Å². The highest BCUT2D eigenvalue weighted by molar-refractivity contribution is 7.98. The van der Waals surface area contributed by atoms with Crippen molar-refractivity contribution < 1.29 is 28.0 Å². The fourth-order valence-corrected chi connectivity index (χ4v) is 4.00. The second kappa shape index (κ2) is 10.2. The lowest BCUT2D eigenvalue weighted by Gasteiger charge is -2.07. The predicted octanol–water partition coefficient (Wildman–Crippen LogP) is 2.95. The Morgan fingerprint density at radius 1 is 1.09 bits per heavy atom. The van der Waals surface area contributed by atoms with Crippen molar-refractivity contribution in [3.63, 3.8) is 0 Å². The van der Waals surface area contributed by atoms with E-state index in [1.807, 2.05) is 18.2 Å². The van der Waals surface area contributed by atoms with Gasteiger partial charge in [0.15, 0.2) is 10.9 Å². The van der Waals surface area contributed by atoms with E-state index in [4.69, 9.17) is 20.0 Å². The third-order valence-electron chi connectivity index (χ3n) is 4.58. The maximum atomic E-state index is 10.9. The van der Waals surface area contributed by atoms with Gasteiger partial charge in [-0.25, -0.2) is 23.6 Å². The first-order valence-electron chi connectivity index (χ1n) is 9.79. The zero-order chi connectivity index (χ0) is 23.3. The van der Waals surface area contributed by atoms with E-state index < -0.39 is 14.6 Å². The van der Waals surface area contributed by atoms with Gasteiger partial charge in [0.2, 0.25) is 6.73 Å². The number of rotatable bonds is 9. The number of hydrogen-bond donors (Lipinski definition) is 3. The number of phosphoric ester groups is 1. The van der Waals surface area contributed by atoms with Crippen LogP contribution in [0.4, 0.5) is 5.82 Å². The molecule has 0 unspecified atom stereocenters. The SMILES string of the molecule is Nc1c(-c2cc(Cc3cnc(SCc4ccccc4)nc3)no2)ccc[n+]1COP(=O)(O)O. The topological polar surface area (TPSA) is 148 Å². The highest BCUT2D eigenvalue weighted by atomic mass is 32.2. The number of thioether (sulfide) groups is 1. The zero-order valence-corrected chi connectivity index (χ0v) is 19.0. The zero-order valence-electron chi connectivity index (χ0n) is 17.3. The van der Waals surface area contributed by atoms with Gasteiger partial charge < -0.3 is 14.3 Å². The number of nitrogen functional groups attached to an aromatic ring is 1. The molecule has 0 fully saturated rings. The number of nitrogens with zero attached hydrogens (tertiary/aromatic N) is 4. The molecule has 170 valence electrons. The number of hydrogen-bond acceptors (Lipinski definition) is 8. The molecule has 0 aliphatic carbocycles. The Morgan fingerprint density at radius 3 is 2.58 bits per heavy atom. The predicted molar refractivity (Wildman–Crippen MR) is 121 cm³/mol. The molecule has 0 saturated carbocycles. The van der Waals surface area contributed by atoms with Gasteiger partial charge >= 0.3 is 7.82 Å². The summed E-state index contributed by atoms with van der Waals surface area (Å²) in [6.45, 7) is -0.406. The molecule has 4 N–H and O–H groups in total. The van der Waals surface area contributed by atoms with Crippen molar-refractivity contribution in [1.82, 2.24) is 15.1 Å². The molecule has 4 aromatic rings. The molecule has 33 heavy (non-hydrogen) atoms. The minimum Gasteiger partial charge on any atom is -0.356 e. The van der Waals surface area contributed by atoms with E-state index in [9.17, 15) is 4.57 Å². The van der Waals surface area contributed by atoms with E-state index in [-0.39, 0.29) is 5.82 Å². The molecule has 3 heterocycles. The highest BCUT2D eigenvalue weighted by Gasteiger charge is 2.20. The van der Waals surface area contributed by atoms with Crippen LogP contribution in [0, 0.1) is 0 Å². The number of phosphoric acid groups is 1. The lowest BCUT2D eigenvalue weighted by atomic mass is 10.1. The van der Waals surface area contributed by atoms with E-state index in [0.29, 0.717) is 28.6 Å². The average molecular weight is 486 g/mol. The monoisotopic (exact) mass is 486 g/mol. The normalized spacial score (nSPS) is 11.6.